The third-order valence-corrected chi connectivity index (χ3v) is 3.55. The largest absolute Gasteiger partial charge is 0.494 e. The number of hydrazone groups is 1. The number of benzene rings is 1. The summed E-state index contributed by atoms with van der Waals surface area (Å²) in [6.07, 6.45) is 1.82. The predicted molar refractivity (Wildman–Crippen MR) is 86.5 cm³/mol. The van der Waals surface area contributed by atoms with Gasteiger partial charge < -0.3 is 15.4 Å². The lowest BCUT2D eigenvalue weighted by molar-refractivity contribution is 0.340. The Morgan fingerprint density at radius 3 is 2.82 bits per heavy atom. The summed E-state index contributed by atoms with van der Waals surface area (Å²) < 4.78 is 7.42. The number of anilines is 1. The van der Waals surface area contributed by atoms with E-state index < -0.39 is 0 Å². The molecule has 0 aliphatic carbocycles. The van der Waals surface area contributed by atoms with Crippen LogP contribution in [0, 0.1) is 0 Å². The average molecular weight is 300 g/mol. The van der Waals surface area contributed by atoms with Gasteiger partial charge in [-0.3, -0.25) is 10.1 Å². The lowest BCUT2D eigenvalue weighted by atomic mass is 10.1. The summed E-state index contributed by atoms with van der Waals surface area (Å²) >= 11 is 0. The minimum atomic E-state index is 0.598. The molecule has 7 heteroatoms. The van der Waals surface area contributed by atoms with Gasteiger partial charge in [-0.2, -0.15) is 10.2 Å². The zero-order valence-corrected chi connectivity index (χ0v) is 13.0. The number of aryl methyl sites for hydroxylation is 1. The van der Waals surface area contributed by atoms with Gasteiger partial charge in [0.25, 0.3) is 0 Å². The molecule has 0 saturated carbocycles. The van der Waals surface area contributed by atoms with Gasteiger partial charge in [-0.15, -0.1) is 0 Å². The summed E-state index contributed by atoms with van der Waals surface area (Å²) in [4.78, 5) is 2.04. The zero-order valence-electron chi connectivity index (χ0n) is 13.0. The number of rotatable bonds is 4. The van der Waals surface area contributed by atoms with Crippen molar-refractivity contribution in [2.75, 3.05) is 26.1 Å². The zero-order chi connectivity index (χ0) is 15.7. The maximum atomic E-state index is 6.01. The van der Waals surface area contributed by atoms with E-state index in [4.69, 9.17) is 10.5 Å². The summed E-state index contributed by atoms with van der Waals surface area (Å²) in [6, 6.07) is 5.72. The van der Waals surface area contributed by atoms with Crippen molar-refractivity contribution in [1.29, 1.82) is 0 Å². The van der Waals surface area contributed by atoms with E-state index in [9.17, 15) is 0 Å². The van der Waals surface area contributed by atoms with Gasteiger partial charge in [0.2, 0.25) is 0 Å². The standard InChI is InChI=1S/C15H20N6O/c1-4-22-12-6-10(5-11(16)7-12)14-13(8-18-21(14)3)15-19-17-9-20(15)2/h5-8,17H,4,9,16H2,1-3H3. The molecule has 0 spiro atoms. The number of nitrogens with two attached hydrogens (primary N) is 1. The van der Waals surface area contributed by atoms with Crippen molar-refractivity contribution in [3.63, 3.8) is 0 Å². The molecule has 1 aliphatic heterocycles. The molecule has 22 heavy (non-hydrogen) atoms. The van der Waals surface area contributed by atoms with Crippen molar-refractivity contribution < 1.29 is 4.74 Å². The molecule has 0 fully saturated rings. The lowest BCUT2D eigenvalue weighted by Gasteiger charge is -2.14. The van der Waals surface area contributed by atoms with Crippen molar-refractivity contribution in [2.24, 2.45) is 12.1 Å². The van der Waals surface area contributed by atoms with E-state index in [-0.39, 0.29) is 0 Å². The number of nitrogens with one attached hydrogen (secondary N) is 1. The second-order valence-electron chi connectivity index (χ2n) is 5.20. The Morgan fingerprint density at radius 2 is 2.14 bits per heavy atom. The first-order chi connectivity index (χ1) is 10.6. The van der Waals surface area contributed by atoms with Crippen molar-refractivity contribution in [1.82, 2.24) is 20.1 Å². The van der Waals surface area contributed by atoms with Crippen LogP contribution in [0.15, 0.2) is 29.5 Å². The fourth-order valence-electron chi connectivity index (χ4n) is 2.59. The van der Waals surface area contributed by atoms with E-state index >= 15 is 0 Å². The summed E-state index contributed by atoms with van der Waals surface area (Å²) in [5.74, 6) is 1.62. The highest BCUT2D eigenvalue weighted by atomic mass is 16.5. The third kappa shape index (κ3) is 2.45. The second-order valence-corrected chi connectivity index (χ2v) is 5.20. The van der Waals surface area contributed by atoms with E-state index in [1.165, 1.54) is 0 Å². The van der Waals surface area contributed by atoms with E-state index in [1.807, 2.05) is 55.0 Å². The van der Waals surface area contributed by atoms with Crippen LogP contribution in [0.2, 0.25) is 0 Å². The molecular formula is C15H20N6O. The van der Waals surface area contributed by atoms with Crippen LogP contribution in [-0.4, -0.2) is 40.8 Å². The van der Waals surface area contributed by atoms with Crippen LogP contribution in [0.4, 0.5) is 5.69 Å². The molecule has 1 aromatic carbocycles. The van der Waals surface area contributed by atoms with E-state index in [2.05, 4.69) is 15.6 Å². The molecule has 3 rings (SSSR count). The van der Waals surface area contributed by atoms with Gasteiger partial charge in [-0.25, -0.2) is 0 Å². The van der Waals surface area contributed by atoms with Gasteiger partial charge in [0.1, 0.15) is 12.4 Å². The molecule has 2 aromatic rings. The molecule has 1 aromatic heterocycles. The number of hydrogen-bond donors (Lipinski definition) is 2. The molecule has 2 heterocycles. The van der Waals surface area contributed by atoms with E-state index in [0.29, 0.717) is 19.0 Å². The van der Waals surface area contributed by atoms with Gasteiger partial charge in [0.05, 0.1) is 24.1 Å². The highest BCUT2D eigenvalue weighted by Crippen LogP contribution is 2.30. The minimum Gasteiger partial charge on any atom is -0.494 e. The predicted octanol–water partition coefficient (Wildman–Crippen LogP) is 1.22. The number of hydrogen-bond acceptors (Lipinski definition) is 6. The van der Waals surface area contributed by atoms with Crippen LogP contribution >= 0.6 is 0 Å². The Bertz CT molecular complexity index is 721. The molecule has 3 N–H and O–H groups in total. The van der Waals surface area contributed by atoms with Crippen molar-refractivity contribution in [2.45, 2.75) is 6.92 Å². The normalized spacial score (nSPS) is 14.0. The summed E-state index contributed by atoms with van der Waals surface area (Å²) in [7, 11) is 3.89. The van der Waals surface area contributed by atoms with Crippen LogP contribution in [0.1, 0.15) is 12.5 Å². The molecule has 1 aliphatic rings. The highest BCUT2D eigenvalue weighted by molar-refractivity contribution is 6.04. The lowest BCUT2D eigenvalue weighted by Crippen LogP contribution is -2.25. The Hall–Kier alpha value is -2.70. The number of ether oxygens (including phenoxy) is 1. The van der Waals surface area contributed by atoms with Crippen LogP contribution in [0.25, 0.3) is 11.3 Å². The topological polar surface area (TPSA) is 80.7 Å². The first-order valence-electron chi connectivity index (χ1n) is 7.18. The van der Waals surface area contributed by atoms with Crippen molar-refractivity contribution >= 4 is 11.5 Å². The Labute approximate surface area is 129 Å². The van der Waals surface area contributed by atoms with Gasteiger partial charge >= 0.3 is 0 Å². The van der Waals surface area contributed by atoms with Crippen LogP contribution in [0.5, 0.6) is 5.75 Å². The average Bonchev–Trinajstić information content (AvgIpc) is 3.04. The summed E-state index contributed by atoms with van der Waals surface area (Å²) in [5.41, 5.74) is 12.5. The molecule has 0 saturated heterocycles. The molecule has 7 nitrogen and oxygen atoms in total. The number of nitrogens with zero attached hydrogens (tertiary/aromatic N) is 4. The highest BCUT2D eigenvalue weighted by Gasteiger charge is 2.22. The SMILES string of the molecule is CCOc1cc(N)cc(-c2c(C3=NNCN3C)cnn2C)c1. The maximum Gasteiger partial charge on any atom is 0.160 e. The van der Waals surface area contributed by atoms with Gasteiger partial charge in [0.15, 0.2) is 5.84 Å². The van der Waals surface area contributed by atoms with Crippen molar-refractivity contribution in [3.05, 3.63) is 30.0 Å². The summed E-state index contributed by atoms with van der Waals surface area (Å²) in [5, 5.41) is 8.72. The van der Waals surface area contributed by atoms with E-state index in [1.54, 1.807) is 0 Å². The van der Waals surface area contributed by atoms with Gasteiger partial charge in [-0.05, 0) is 19.1 Å². The molecular weight excluding hydrogens is 280 g/mol. The molecule has 0 bridgehead atoms. The van der Waals surface area contributed by atoms with Crippen LogP contribution in [-0.2, 0) is 7.05 Å². The molecule has 0 atom stereocenters. The Balaban J connectivity index is 2.11. The first kappa shape index (κ1) is 14.2. The Morgan fingerprint density at radius 1 is 1.32 bits per heavy atom. The van der Waals surface area contributed by atoms with Gasteiger partial charge in [0, 0.05) is 31.4 Å². The van der Waals surface area contributed by atoms with Crippen molar-refractivity contribution in [3.8, 4) is 17.0 Å². The minimum absolute atomic E-state index is 0.598. The smallest absolute Gasteiger partial charge is 0.160 e. The van der Waals surface area contributed by atoms with E-state index in [0.717, 1.165) is 28.4 Å². The quantitative estimate of drug-likeness (QED) is 0.830. The fraction of sp³-hybridized carbons (Fsp3) is 0.333. The molecule has 116 valence electrons. The first-order valence-corrected chi connectivity index (χ1v) is 7.18. The molecule has 0 unspecified atom stereocenters. The molecule has 0 amide bonds. The monoisotopic (exact) mass is 300 g/mol. The molecule has 0 radical (unpaired) electrons. The second kappa shape index (κ2) is 5.59. The van der Waals surface area contributed by atoms with Crippen LogP contribution < -0.4 is 15.9 Å². The number of aromatic nitrogens is 2. The number of nitrogen functional groups attached to an aromatic ring is 1. The van der Waals surface area contributed by atoms with Crippen LogP contribution in [0.3, 0.4) is 0 Å². The Kier molecular flexibility index (Phi) is 3.62. The maximum absolute atomic E-state index is 6.01. The third-order valence-electron chi connectivity index (χ3n) is 3.55. The number of amidine groups is 1. The fourth-order valence-corrected chi connectivity index (χ4v) is 2.59. The summed E-state index contributed by atoms with van der Waals surface area (Å²) in [6.45, 7) is 3.23. The van der Waals surface area contributed by atoms with Gasteiger partial charge in [-0.1, -0.05) is 0 Å².